The molecule has 0 radical (unpaired) electrons. The van der Waals surface area contributed by atoms with Crippen molar-refractivity contribution in [1.82, 2.24) is 4.98 Å². The molecule has 1 aliphatic rings. The van der Waals surface area contributed by atoms with E-state index in [4.69, 9.17) is 0 Å². The highest BCUT2D eigenvalue weighted by Gasteiger charge is 2.25. The van der Waals surface area contributed by atoms with Crippen LogP contribution in [0.3, 0.4) is 0 Å². The number of fused-ring (bicyclic) bond motifs is 1. The molecule has 0 N–H and O–H groups in total. The van der Waals surface area contributed by atoms with Crippen LogP contribution in [0.15, 0.2) is 5.03 Å². The maximum absolute atomic E-state index is 13.4. The molecule has 0 atom stereocenters. The molecule has 1 heterocycles. The molecule has 5 heteroatoms. The SMILES string of the molecule is CSc1nc2c(c(C(F)F)c1C#N)CCCCCC2. The Morgan fingerprint density at radius 1 is 1.21 bits per heavy atom. The summed E-state index contributed by atoms with van der Waals surface area (Å²) < 4.78 is 26.7. The van der Waals surface area contributed by atoms with E-state index in [0.29, 0.717) is 17.0 Å². The van der Waals surface area contributed by atoms with Crippen molar-refractivity contribution in [1.29, 1.82) is 5.26 Å². The number of nitriles is 1. The first-order chi connectivity index (χ1) is 9.19. The Balaban J connectivity index is 2.64. The lowest BCUT2D eigenvalue weighted by molar-refractivity contribution is 0.149. The third kappa shape index (κ3) is 2.89. The smallest absolute Gasteiger partial charge is 0.245 e. The summed E-state index contributed by atoms with van der Waals surface area (Å²) in [6.45, 7) is 0. The Morgan fingerprint density at radius 2 is 1.89 bits per heavy atom. The predicted octanol–water partition coefficient (Wildman–Crippen LogP) is 4.27. The Hall–Kier alpha value is -1.15. The van der Waals surface area contributed by atoms with Gasteiger partial charge in [0.2, 0.25) is 0 Å². The van der Waals surface area contributed by atoms with Crippen molar-refractivity contribution in [3.63, 3.8) is 0 Å². The standard InChI is InChI=1S/C14H16F2N2S/c1-19-14-10(8-17)12(13(15)16)9-6-4-2-3-5-7-11(9)18-14/h13H,2-7H2,1H3. The molecular weight excluding hydrogens is 266 g/mol. The van der Waals surface area contributed by atoms with E-state index >= 15 is 0 Å². The molecule has 0 saturated carbocycles. The minimum absolute atomic E-state index is 0.0706. The highest BCUT2D eigenvalue weighted by molar-refractivity contribution is 7.98. The summed E-state index contributed by atoms with van der Waals surface area (Å²) in [5.74, 6) is 0. The minimum Gasteiger partial charge on any atom is -0.245 e. The zero-order valence-electron chi connectivity index (χ0n) is 10.9. The summed E-state index contributed by atoms with van der Waals surface area (Å²) in [4.78, 5) is 4.45. The fourth-order valence-corrected chi connectivity index (χ4v) is 3.16. The maximum Gasteiger partial charge on any atom is 0.265 e. The second-order valence-electron chi connectivity index (χ2n) is 4.66. The number of thioether (sulfide) groups is 1. The summed E-state index contributed by atoms with van der Waals surface area (Å²) >= 11 is 1.27. The van der Waals surface area contributed by atoms with Crippen molar-refractivity contribution in [2.45, 2.75) is 50.0 Å². The zero-order valence-corrected chi connectivity index (χ0v) is 11.7. The minimum atomic E-state index is -2.60. The van der Waals surface area contributed by atoms with E-state index in [1.165, 1.54) is 11.8 Å². The molecule has 1 aliphatic carbocycles. The maximum atomic E-state index is 13.4. The van der Waals surface area contributed by atoms with Gasteiger partial charge in [-0.1, -0.05) is 12.8 Å². The fraction of sp³-hybridized carbons (Fsp3) is 0.571. The number of halogens is 2. The van der Waals surface area contributed by atoms with Crippen LogP contribution >= 0.6 is 11.8 Å². The van der Waals surface area contributed by atoms with E-state index in [9.17, 15) is 14.0 Å². The van der Waals surface area contributed by atoms with Crippen LogP contribution in [0.25, 0.3) is 0 Å². The van der Waals surface area contributed by atoms with Crippen LogP contribution in [0.1, 0.15) is 54.5 Å². The van der Waals surface area contributed by atoms with Gasteiger partial charge in [0.15, 0.2) is 0 Å². The number of aromatic nitrogens is 1. The van der Waals surface area contributed by atoms with Crippen molar-refractivity contribution in [3.05, 3.63) is 22.4 Å². The lowest BCUT2D eigenvalue weighted by Gasteiger charge is -2.19. The van der Waals surface area contributed by atoms with Crippen LogP contribution in [0, 0.1) is 11.3 Å². The van der Waals surface area contributed by atoms with E-state index < -0.39 is 6.43 Å². The summed E-state index contributed by atoms with van der Waals surface area (Å²) in [5, 5.41) is 9.61. The summed E-state index contributed by atoms with van der Waals surface area (Å²) in [5.41, 5.74) is 1.41. The highest BCUT2D eigenvalue weighted by atomic mass is 32.2. The lowest BCUT2D eigenvalue weighted by atomic mass is 9.92. The number of alkyl halides is 2. The molecule has 1 aromatic rings. The molecule has 1 aromatic heterocycles. The van der Waals surface area contributed by atoms with Gasteiger partial charge in [0.25, 0.3) is 6.43 Å². The van der Waals surface area contributed by atoms with Gasteiger partial charge in [-0.3, -0.25) is 0 Å². The summed E-state index contributed by atoms with van der Waals surface area (Å²) in [6.07, 6.45) is 4.61. The number of aryl methyl sites for hydroxylation is 1. The quantitative estimate of drug-likeness (QED) is 0.760. The second-order valence-corrected chi connectivity index (χ2v) is 5.46. The molecule has 2 rings (SSSR count). The van der Waals surface area contributed by atoms with E-state index in [-0.39, 0.29) is 11.1 Å². The van der Waals surface area contributed by atoms with Gasteiger partial charge in [-0.25, -0.2) is 13.8 Å². The molecule has 0 bridgehead atoms. The van der Waals surface area contributed by atoms with Crippen molar-refractivity contribution in [2.75, 3.05) is 6.26 Å². The van der Waals surface area contributed by atoms with Crippen molar-refractivity contribution >= 4 is 11.8 Å². The molecule has 19 heavy (non-hydrogen) atoms. The number of rotatable bonds is 2. The molecule has 2 nitrogen and oxygen atoms in total. The molecule has 0 fully saturated rings. The molecule has 0 aliphatic heterocycles. The fourth-order valence-electron chi connectivity index (χ4n) is 2.60. The normalized spacial score (nSPS) is 15.5. The Kier molecular flexibility index (Phi) is 4.76. The van der Waals surface area contributed by atoms with Gasteiger partial charge in [-0.2, -0.15) is 5.26 Å². The van der Waals surface area contributed by atoms with Crippen molar-refractivity contribution in [3.8, 4) is 6.07 Å². The van der Waals surface area contributed by atoms with E-state index in [2.05, 4.69) is 4.98 Å². The van der Waals surface area contributed by atoms with Crippen LogP contribution < -0.4 is 0 Å². The molecule has 0 aromatic carbocycles. The van der Waals surface area contributed by atoms with Crippen LogP contribution in [0.2, 0.25) is 0 Å². The molecular formula is C14H16F2N2S. The number of hydrogen-bond donors (Lipinski definition) is 0. The van der Waals surface area contributed by atoms with E-state index in [1.54, 1.807) is 6.26 Å². The summed E-state index contributed by atoms with van der Waals surface area (Å²) in [6, 6.07) is 1.92. The second kappa shape index (κ2) is 6.33. The Labute approximate surface area is 116 Å². The summed E-state index contributed by atoms with van der Waals surface area (Å²) in [7, 11) is 0. The molecule has 0 spiro atoms. The van der Waals surface area contributed by atoms with Crippen molar-refractivity contribution < 1.29 is 8.78 Å². The first-order valence-corrected chi connectivity index (χ1v) is 7.69. The molecule has 0 amide bonds. The number of pyridine rings is 1. The van der Waals surface area contributed by atoms with E-state index in [0.717, 1.165) is 37.8 Å². The first kappa shape index (κ1) is 14.3. The van der Waals surface area contributed by atoms with Crippen LogP contribution in [0.5, 0.6) is 0 Å². The van der Waals surface area contributed by atoms with Gasteiger partial charge in [0, 0.05) is 11.3 Å². The third-order valence-electron chi connectivity index (χ3n) is 3.51. The Morgan fingerprint density at radius 3 is 2.47 bits per heavy atom. The van der Waals surface area contributed by atoms with Gasteiger partial charge in [-0.05, 0) is 37.5 Å². The predicted molar refractivity (Wildman–Crippen MR) is 71.6 cm³/mol. The monoisotopic (exact) mass is 282 g/mol. The van der Waals surface area contributed by atoms with Crippen LogP contribution in [-0.4, -0.2) is 11.2 Å². The van der Waals surface area contributed by atoms with E-state index in [1.807, 2.05) is 6.07 Å². The van der Waals surface area contributed by atoms with Crippen molar-refractivity contribution in [2.24, 2.45) is 0 Å². The number of hydrogen-bond acceptors (Lipinski definition) is 3. The molecule has 0 unspecified atom stereocenters. The zero-order chi connectivity index (χ0) is 13.8. The average molecular weight is 282 g/mol. The largest absolute Gasteiger partial charge is 0.265 e. The highest BCUT2D eigenvalue weighted by Crippen LogP contribution is 2.35. The molecule has 102 valence electrons. The van der Waals surface area contributed by atoms with Gasteiger partial charge < -0.3 is 0 Å². The first-order valence-electron chi connectivity index (χ1n) is 6.47. The van der Waals surface area contributed by atoms with Gasteiger partial charge in [0.05, 0.1) is 5.56 Å². The van der Waals surface area contributed by atoms with Gasteiger partial charge >= 0.3 is 0 Å². The van der Waals surface area contributed by atoms with Crippen LogP contribution in [0.4, 0.5) is 8.78 Å². The Bertz CT molecular complexity index is 509. The lowest BCUT2D eigenvalue weighted by Crippen LogP contribution is -2.11. The molecule has 0 saturated heterocycles. The van der Waals surface area contributed by atoms with Gasteiger partial charge in [-0.15, -0.1) is 11.8 Å². The topological polar surface area (TPSA) is 36.7 Å². The average Bonchev–Trinajstić information content (AvgIpc) is 2.37. The number of nitrogens with zero attached hydrogens (tertiary/aromatic N) is 2. The third-order valence-corrected chi connectivity index (χ3v) is 4.19. The van der Waals surface area contributed by atoms with Gasteiger partial charge in [0.1, 0.15) is 11.1 Å². The van der Waals surface area contributed by atoms with Crippen LogP contribution in [-0.2, 0) is 12.8 Å².